The molecule has 27 heavy (non-hydrogen) atoms. The molecule has 0 aromatic heterocycles. The van der Waals surface area contributed by atoms with Gasteiger partial charge in [-0.15, -0.1) is 11.8 Å². The van der Waals surface area contributed by atoms with Gasteiger partial charge in [-0.05, 0) is 24.3 Å². The molecule has 0 saturated carbocycles. The molecule has 1 fully saturated rings. The summed E-state index contributed by atoms with van der Waals surface area (Å²) in [7, 11) is 1.33. The average Bonchev–Trinajstić information content (AvgIpc) is 2.70. The lowest BCUT2D eigenvalue weighted by atomic mass is 10.2. The van der Waals surface area contributed by atoms with Gasteiger partial charge in [0.1, 0.15) is 0 Å². The number of esters is 1. The summed E-state index contributed by atoms with van der Waals surface area (Å²) < 4.78 is 4.52. The number of benzene rings is 1. The van der Waals surface area contributed by atoms with Gasteiger partial charge in [-0.25, -0.2) is 0 Å². The Kier molecular flexibility index (Phi) is 8.74. The maximum Gasteiger partial charge on any atom is 0.315 e. The number of nitrogens with one attached hydrogen (secondary N) is 1. The zero-order valence-corrected chi connectivity index (χ0v) is 16.9. The highest BCUT2D eigenvalue weighted by molar-refractivity contribution is 7.99. The van der Waals surface area contributed by atoms with Crippen molar-refractivity contribution >= 4 is 46.8 Å². The minimum atomic E-state index is -0.312. The summed E-state index contributed by atoms with van der Waals surface area (Å²) in [5.74, 6) is 0.144. The predicted molar refractivity (Wildman–Crippen MR) is 107 cm³/mol. The van der Waals surface area contributed by atoms with E-state index in [9.17, 15) is 14.4 Å². The molecule has 0 unspecified atom stereocenters. The highest BCUT2D eigenvalue weighted by atomic mass is 35.5. The lowest BCUT2D eigenvalue weighted by Gasteiger charge is -2.36. The molecule has 9 heteroatoms. The van der Waals surface area contributed by atoms with Gasteiger partial charge in [-0.1, -0.05) is 11.6 Å². The second-order valence-electron chi connectivity index (χ2n) is 6.00. The molecule has 2 amide bonds. The number of ether oxygens (including phenoxy) is 1. The third-order valence-corrected chi connectivity index (χ3v) is 5.37. The van der Waals surface area contributed by atoms with E-state index in [0.29, 0.717) is 23.9 Å². The van der Waals surface area contributed by atoms with Crippen molar-refractivity contribution in [3.8, 4) is 0 Å². The number of carbonyl (C=O) groups excluding carboxylic acids is 3. The van der Waals surface area contributed by atoms with Gasteiger partial charge in [-0.2, -0.15) is 0 Å². The van der Waals surface area contributed by atoms with E-state index in [0.717, 1.165) is 18.8 Å². The Bertz CT molecular complexity index is 649. The van der Waals surface area contributed by atoms with Crippen molar-refractivity contribution in [2.45, 2.75) is 6.42 Å². The van der Waals surface area contributed by atoms with Gasteiger partial charge < -0.3 is 19.9 Å². The van der Waals surface area contributed by atoms with Crippen LogP contribution in [0.2, 0.25) is 5.02 Å². The highest BCUT2D eigenvalue weighted by Crippen LogP contribution is 2.19. The van der Waals surface area contributed by atoms with Crippen molar-refractivity contribution in [3.63, 3.8) is 0 Å². The normalized spacial score (nSPS) is 14.0. The first kappa shape index (κ1) is 21.4. The van der Waals surface area contributed by atoms with E-state index in [4.69, 9.17) is 11.6 Å². The Hall–Kier alpha value is -1.93. The molecule has 0 bridgehead atoms. The first-order valence-corrected chi connectivity index (χ1v) is 10.2. The SMILES string of the molecule is COC(=O)CSCCC(=O)NCC(=O)N1CCN(c2ccc(Cl)cc2)CC1. The molecule has 2 rings (SSSR count). The summed E-state index contributed by atoms with van der Waals surface area (Å²) in [6.07, 6.45) is 0.263. The van der Waals surface area contributed by atoms with E-state index in [-0.39, 0.29) is 36.5 Å². The Morgan fingerprint density at radius 2 is 1.81 bits per heavy atom. The maximum atomic E-state index is 12.3. The molecule has 1 aromatic rings. The van der Waals surface area contributed by atoms with Crippen LogP contribution in [0.3, 0.4) is 0 Å². The van der Waals surface area contributed by atoms with Crippen molar-refractivity contribution in [2.24, 2.45) is 0 Å². The standard InChI is InChI=1S/C18H24ClN3O4S/c1-26-18(25)13-27-11-6-16(23)20-12-17(24)22-9-7-21(8-10-22)15-4-2-14(19)3-5-15/h2-5H,6-13H2,1H3,(H,20,23). The molecule has 0 aliphatic carbocycles. The van der Waals surface area contributed by atoms with Gasteiger partial charge in [0.05, 0.1) is 19.4 Å². The van der Waals surface area contributed by atoms with Crippen LogP contribution in [0.15, 0.2) is 24.3 Å². The first-order valence-electron chi connectivity index (χ1n) is 8.69. The first-order chi connectivity index (χ1) is 13.0. The number of amides is 2. The van der Waals surface area contributed by atoms with Gasteiger partial charge in [0.2, 0.25) is 11.8 Å². The molecule has 1 saturated heterocycles. The van der Waals surface area contributed by atoms with Crippen molar-refractivity contribution in [3.05, 3.63) is 29.3 Å². The van der Waals surface area contributed by atoms with Crippen LogP contribution in [0.4, 0.5) is 5.69 Å². The van der Waals surface area contributed by atoms with E-state index < -0.39 is 0 Å². The molecule has 0 radical (unpaired) electrons. The molecule has 7 nitrogen and oxygen atoms in total. The van der Waals surface area contributed by atoms with Gasteiger partial charge in [0.25, 0.3) is 0 Å². The van der Waals surface area contributed by atoms with Crippen molar-refractivity contribution in [1.82, 2.24) is 10.2 Å². The van der Waals surface area contributed by atoms with Crippen LogP contribution in [-0.2, 0) is 19.1 Å². The molecule has 1 N–H and O–H groups in total. The fourth-order valence-electron chi connectivity index (χ4n) is 2.62. The van der Waals surface area contributed by atoms with Crippen molar-refractivity contribution in [2.75, 3.05) is 56.2 Å². The van der Waals surface area contributed by atoms with E-state index in [1.165, 1.54) is 18.9 Å². The fourth-order valence-corrected chi connectivity index (χ4v) is 3.50. The molecule has 0 atom stereocenters. The number of halogens is 1. The van der Waals surface area contributed by atoms with Gasteiger partial charge in [0, 0.05) is 49.1 Å². The monoisotopic (exact) mass is 413 g/mol. The number of rotatable bonds is 8. The van der Waals surface area contributed by atoms with E-state index in [1.54, 1.807) is 4.90 Å². The Balaban J connectivity index is 1.63. The molecule has 148 valence electrons. The largest absolute Gasteiger partial charge is 0.468 e. The summed E-state index contributed by atoms with van der Waals surface area (Å²) in [5, 5.41) is 3.34. The predicted octanol–water partition coefficient (Wildman–Crippen LogP) is 1.40. The Labute approximate surface area is 168 Å². The molecular weight excluding hydrogens is 390 g/mol. The topological polar surface area (TPSA) is 78.9 Å². The number of hydrogen-bond donors (Lipinski definition) is 1. The van der Waals surface area contributed by atoms with Crippen LogP contribution in [0, 0.1) is 0 Å². The zero-order chi connectivity index (χ0) is 19.6. The lowest BCUT2D eigenvalue weighted by Crippen LogP contribution is -2.51. The van der Waals surface area contributed by atoms with E-state index >= 15 is 0 Å². The van der Waals surface area contributed by atoms with Crippen LogP contribution in [0.1, 0.15) is 6.42 Å². The number of methoxy groups -OCH3 is 1. The number of carbonyl (C=O) groups is 3. The van der Waals surface area contributed by atoms with Gasteiger partial charge in [0.15, 0.2) is 0 Å². The van der Waals surface area contributed by atoms with Crippen LogP contribution in [0.5, 0.6) is 0 Å². The smallest absolute Gasteiger partial charge is 0.315 e. The molecule has 1 aromatic carbocycles. The van der Waals surface area contributed by atoms with Crippen LogP contribution in [-0.4, -0.2) is 74.0 Å². The average molecular weight is 414 g/mol. The summed E-state index contributed by atoms with van der Waals surface area (Å²) in [6.45, 7) is 2.72. The Morgan fingerprint density at radius 3 is 2.44 bits per heavy atom. The number of nitrogens with zero attached hydrogens (tertiary/aromatic N) is 2. The molecular formula is C18H24ClN3O4S. The third kappa shape index (κ3) is 7.30. The molecule has 1 aliphatic heterocycles. The van der Waals surface area contributed by atoms with E-state index in [1.807, 2.05) is 24.3 Å². The summed E-state index contributed by atoms with van der Waals surface area (Å²) in [4.78, 5) is 39.0. The quantitative estimate of drug-likeness (QED) is 0.512. The zero-order valence-electron chi connectivity index (χ0n) is 15.3. The summed E-state index contributed by atoms with van der Waals surface area (Å²) in [6, 6.07) is 7.65. The molecule has 1 aliphatic rings. The van der Waals surface area contributed by atoms with Crippen LogP contribution >= 0.6 is 23.4 Å². The summed E-state index contributed by atoms with van der Waals surface area (Å²) in [5.41, 5.74) is 1.09. The van der Waals surface area contributed by atoms with Crippen LogP contribution < -0.4 is 10.2 Å². The fraction of sp³-hybridized carbons (Fsp3) is 0.500. The van der Waals surface area contributed by atoms with Gasteiger partial charge >= 0.3 is 5.97 Å². The second kappa shape index (κ2) is 11.0. The van der Waals surface area contributed by atoms with Crippen LogP contribution in [0.25, 0.3) is 0 Å². The highest BCUT2D eigenvalue weighted by Gasteiger charge is 2.21. The minimum Gasteiger partial charge on any atom is -0.468 e. The maximum absolute atomic E-state index is 12.3. The number of piperazine rings is 1. The third-order valence-electron chi connectivity index (χ3n) is 4.18. The van der Waals surface area contributed by atoms with Crippen molar-refractivity contribution in [1.29, 1.82) is 0 Å². The lowest BCUT2D eigenvalue weighted by molar-refractivity contribution is -0.137. The van der Waals surface area contributed by atoms with E-state index in [2.05, 4.69) is 15.0 Å². The minimum absolute atomic E-state index is 0.00144. The van der Waals surface area contributed by atoms with Gasteiger partial charge in [-0.3, -0.25) is 14.4 Å². The number of hydrogen-bond acceptors (Lipinski definition) is 6. The number of anilines is 1. The summed E-state index contributed by atoms with van der Waals surface area (Å²) >= 11 is 7.24. The molecule has 0 spiro atoms. The second-order valence-corrected chi connectivity index (χ2v) is 7.54. The van der Waals surface area contributed by atoms with Crippen molar-refractivity contribution < 1.29 is 19.1 Å². The number of thioether (sulfide) groups is 1. The molecule has 1 heterocycles. The Morgan fingerprint density at radius 1 is 1.15 bits per heavy atom.